The number of nitrogens with zero attached hydrogens (tertiary/aromatic N) is 1. The molecule has 0 aromatic heterocycles. The summed E-state index contributed by atoms with van der Waals surface area (Å²) in [5, 5.41) is 3.34. The smallest absolute Gasteiger partial charge is 0.235 e. The fourth-order valence-electron chi connectivity index (χ4n) is 2.23. The van der Waals surface area contributed by atoms with Crippen LogP contribution in [0.25, 0.3) is 0 Å². The molecule has 18 heavy (non-hydrogen) atoms. The lowest BCUT2D eigenvalue weighted by Crippen LogP contribution is -2.40. The maximum atomic E-state index is 12.3. The zero-order valence-corrected chi connectivity index (χ0v) is 11.7. The van der Waals surface area contributed by atoms with Crippen LogP contribution >= 0.6 is 0 Å². The van der Waals surface area contributed by atoms with Gasteiger partial charge in [0.25, 0.3) is 0 Å². The average Bonchev–Trinajstić information content (AvgIpc) is 2.50. The number of rotatable bonds is 3. The Bertz CT molecular complexity index is 513. The SMILES string of the molecule is CCCS(=O)(=O)N1CC(C)NCc2ccccc21. The van der Waals surface area contributed by atoms with Crippen molar-refractivity contribution in [1.29, 1.82) is 0 Å². The fraction of sp³-hybridized carbons (Fsp3) is 0.538. The largest absolute Gasteiger partial charge is 0.308 e. The molecule has 1 aromatic rings. The van der Waals surface area contributed by atoms with Crippen LogP contribution in [0.15, 0.2) is 24.3 Å². The third kappa shape index (κ3) is 2.67. The molecule has 2 rings (SSSR count). The Morgan fingerprint density at radius 2 is 2.11 bits per heavy atom. The Labute approximate surface area is 109 Å². The summed E-state index contributed by atoms with van der Waals surface area (Å²) in [5.74, 6) is 0.202. The topological polar surface area (TPSA) is 49.4 Å². The minimum atomic E-state index is -3.21. The van der Waals surface area contributed by atoms with E-state index in [9.17, 15) is 8.42 Å². The molecule has 1 aliphatic heterocycles. The summed E-state index contributed by atoms with van der Waals surface area (Å²) in [6.07, 6.45) is 0.642. The molecule has 1 unspecified atom stereocenters. The molecule has 1 heterocycles. The van der Waals surface area contributed by atoms with Crippen LogP contribution in [0.3, 0.4) is 0 Å². The van der Waals surface area contributed by atoms with Gasteiger partial charge >= 0.3 is 0 Å². The van der Waals surface area contributed by atoms with Crippen molar-refractivity contribution < 1.29 is 8.42 Å². The summed E-state index contributed by atoms with van der Waals surface area (Å²) in [7, 11) is -3.21. The van der Waals surface area contributed by atoms with E-state index in [0.717, 1.165) is 17.8 Å². The van der Waals surface area contributed by atoms with E-state index in [4.69, 9.17) is 0 Å². The van der Waals surface area contributed by atoms with E-state index in [1.54, 1.807) is 4.31 Å². The van der Waals surface area contributed by atoms with Crippen LogP contribution in [0, 0.1) is 0 Å². The van der Waals surface area contributed by atoms with E-state index in [1.165, 1.54) is 0 Å². The predicted octanol–water partition coefficient (Wildman–Crippen LogP) is 1.72. The zero-order valence-electron chi connectivity index (χ0n) is 10.9. The third-order valence-corrected chi connectivity index (χ3v) is 5.08. The van der Waals surface area contributed by atoms with Gasteiger partial charge in [-0.05, 0) is 25.0 Å². The van der Waals surface area contributed by atoms with Crippen LogP contribution in [0.1, 0.15) is 25.8 Å². The van der Waals surface area contributed by atoms with E-state index in [2.05, 4.69) is 5.32 Å². The third-order valence-electron chi connectivity index (χ3n) is 3.14. The molecular weight excluding hydrogens is 248 g/mol. The van der Waals surface area contributed by atoms with Gasteiger partial charge in [-0.25, -0.2) is 8.42 Å². The molecule has 0 fully saturated rings. The second-order valence-corrected chi connectivity index (χ2v) is 6.77. The van der Waals surface area contributed by atoms with Gasteiger partial charge in [0.15, 0.2) is 0 Å². The minimum Gasteiger partial charge on any atom is -0.308 e. The summed E-state index contributed by atoms with van der Waals surface area (Å²) in [4.78, 5) is 0. The van der Waals surface area contributed by atoms with Crippen LogP contribution in [0.5, 0.6) is 0 Å². The van der Waals surface area contributed by atoms with E-state index in [-0.39, 0.29) is 11.8 Å². The van der Waals surface area contributed by atoms with E-state index >= 15 is 0 Å². The Morgan fingerprint density at radius 1 is 1.39 bits per heavy atom. The maximum absolute atomic E-state index is 12.3. The maximum Gasteiger partial charge on any atom is 0.235 e. The van der Waals surface area contributed by atoms with Crippen LogP contribution in [0.4, 0.5) is 5.69 Å². The Kier molecular flexibility index (Phi) is 3.92. The summed E-state index contributed by atoms with van der Waals surface area (Å²) in [5.41, 5.74) is 1.87. The highest BCUT2D eigenvalue weighted by atomic mass is 32.2. The van der Waals surface area contributed by atoms with Gasteiger partial charge in [0.05, 0.1) is 11.4 Å². The van der Waals surface area contributed by atoms with Crippen LogP contribution < -0.4 is 9.62 Å². The first-order valence-corrected chi connectivity index (χ1v) is 7.97. The molecule has 0 bridgehead atoms. The number of hydrogen-bond acceptors (Lipinski definition) is 3. The molecule has 5 heteroatoms. The first-order valence-electron chi connectivity index (χ1n) is 6.36. The van der Waals surface area contributed by atoms with Crippen LogP contribution in [0.2, 0.25) is 0 Å². The quantitative estimate of drug-likeness (QED) is 0.908. The highest BCUT2D eigenvalue weighted by molar-refractivity contribution is 7.92. The Hall–Kier alpha value is -1.07. The molecule has 0 saturated carbocycles. The number of anilines is 1. The lowest BCUT2D eigenvalue weighted by molar-refractivity contribution is 0.555. The molecule has 1 aliphatic rings. The average molecular weight is 268 g/mol. The summed E-state index contributed by atoms with van der Waals surface area (Å²) in [6, 6.07) is 7.87. The highest BCUT2D eigenvalue weighted by Gasteiger charge is 2.27. The standard InChI is InChI=1S/C13H20N2O2S/c1-3-8-18(16,17)15-10-11(2)14-9-12-6-4-5-7-13(12)15/h4-7,11,14H,3,8-10H2,1-2H3. The molecule has 100 valence electrons. The van der Waals surface area contributed by atoms with Crippen molar-refractivity contribution in [2.45, 2.75) is 32.9 Å². The highest BCUT2D eigenvalue weighted by Crippen LogP contribution is 2.26. The number of benzene rings is 1. The first kappa shape index (κ1) is 13.4. The van der Waals surface area contributed by atoms with Crippen LogP contribution in [-0.2, 0) is 16.6 Å². The molecule has 1 atom stereocenters. The molecule has 1 N–H and O–H groups in total. The van der Waals surface area contributed by atoms with Crippen molar-refractivity contribution >= 4 is 15.7 Å². The van der Waals surface area contributed by atoms with Gasteiger partial charge in [0.1, 0.15) is 0 Å². The van der Waals surface area contributed by atoms with Gasteiger partial charge in [-0.1, -0.05) is 25.1 Å². The van der Waals surface area contributed by atoms with Crippen molar-refractivity contribution in [2.24, 2.45) is 0 Å². The summed E-state index contributed by atoms with van der Waals surface area (Å²) >= 11 is 0. The van der Waals surface area contributed by atoms with E-state index in [0.29, 0.717) is 13.0 Å². The number of sulfonamides is 1. The van der Waals surface area contributed by atoms with Crippen molar-refractivity contribution in [3.8, 4) is 0 Å². The van der Waals surface area contributed by atoms with Crippen molar-refractivity contribution in [3.05, 3.63) is 29.8 Å². The van der Waals surface area contributed by atoms with Gasteiger partial charge in [0.2, 0.25) is 10.0 Å². The Balaban J connectivity index is 2.45. The van der Waals surface area contributed by atoms with Gasteiger partial charge in [-0.3, -0.25) is 4.31 Å². The number of nitrogens with one attached hydrogen (secondary N) is 1. The van der Waals surface area contributed by atoms with E-state index in [1.807, 2.05) is 38.1 Å². The molecule has 0 saturated heterocycles. The van der Waals surface area contributed by atoms with Gasteiger partial charge in [0, 0.05) is 19.1 Å². The van der Waals surface area contributed by atoms with Crippen LogP contribution in [-0.4, -0.2) is 26.8 Å². The fourth-order valence-corrected chi connectivity index (χ4v) is 3.90. The van der Waals surface area contributed by atoms with Crippen molar-refractivity contribution in [1.82, 2.24) is 5.32 Å². The molecule has 4 nitrogen and oxygen atoms in total. The molecule has 1 aromatic carbocycles. The monoisotopic (exact) mass is 268 g/mol. The van der Waals surface area contributed by atoms with Crippen molar-refractivity contribution in [2.75, 3.05) is 16.6 Å². The van der Waals surface area contributed by atoms with Gasteiger partial charge < -0.3 is 5.32 Å². The number of para-hydroxylation sites is 1. The lowest BCUT2D eigenvalue weighted by atomic mass is 10.2. The van der Waals surface area contributed by atoms with Gasteiger partial charge in [-0.2, -0.15) is 0 Å². The summed E-state index contributed by atoms with van der Waals surface area (Å²) < 4.78 is 26.3. The van der Waals surface area contributed by atoms with E-state index < -0.39 is 10.0 Å². The molecule has 0 amide bonds. The second kappa shape index (κ2) is 5.28. The predicted molar refractivity (Wildman–Crippen MR) is 74.2 cm³/mol. The summed E-state index contributed by atoms with van der Waals surface area (Å²) in [6.45, 7) is 5.12. The number of fused-ring (bicyclic) bond motifs is 1. The molecule has 0 spiro atoms. The zero-order chi connectivity index (χ0) is 13.2. The number of hydrogen-bond donors (Lipinski definition) is 1. The first-order chi connectivity index (χ1) is 8.54. The Morgan fingerprint density at radius 3 is 2.83 bits per heavy atom. The lowest BCUT2D eigenvalue weighted by Gasteiger charge is -2.25. The molecular formula is C13H20N2O2S. The van der Waals surface area contributed by atoms with Gasteiger partial charge in [-0.15, -0.1) is 0 Å². The minimum absolute atomic E-state index is 0.157. The normalized spacial score (nSPS) is 20.3. The van der Waals surface area contributed by atoms with Crippen molar-refractivity contribution in [3.63, 3.8) is 0 Å². The molecule has 0 aliphatic carbocycles. The second-order valence-electron chi connectivity index (χ2n) is 4.76. The molecule has 0 radical (unpaired) electrons.